The number of thiocarbonyl (C=S) groups is 1. The Morgan fingerprint density at radius 2 is 2.14 bits per heavy atom. The minimum Gasteiger partial charge on any atom is -0.306 e. The van der Waals surface area contributed by atoms with Crippen molar-refractivity contribution in [2.75, 3.05) is 5.32 Å². The average molecular weight is 254 g/mol. The summed E-state index contributed by atoms with van der Waals surface area (Å²) in [5, 5.41) is 14.4. The first-order valence-corrected chi connectivity index (χ1v) is 5.84. The highest BCUT2D eigenvalue weighted by atomic mass is 32.2. The number of sulfonamides is 1. The summed E-state index contributed by atoms with van der Waals surface area (Å²) in [6, 6.07) is 0. The van der Waals surface area contributed by atoms with E-state index in [2.05, 4.69) is 33.2 Å². The highest BCUT2D eigenvalue weighted by molar-refractivity contribution is 7.91. The fourth-order valence-corrected chi connectivity index (χ4v) is 2.01. The van der Waals surface area contributed by atoms with Gasteiger partial charge < -0.3 is 10.7 Å². The zero-order valence-electron chi connectivity index (χ0n) is 6.59. The molecule has 11 heteroatoms. The van der Waals surface area contributed by atoms with Crippen molar-refractivity contribution in [1.82, 2.24) is 15.6 Å². The summed E-state index contributed by atoms with van der Waals surface area (Å²) in [7, 11) is -3.81. The van der Waals surface area contributed by atoms with E-state index in [1.807, 2.05) is 0 Å². The van der Waals surface area contributed by atoms with E-state index in [0.29, 0.717) is 0 Å². The summed E-state index contributed by atoms with van der Waals surface area (Å²) in [6.45, 7) is 0. The number of primary sulfonamides is 1. The first-order valence-electron chi connectivity index (χ1n) is 3.07. The van der Waals surface area contributed by atoms with Gasteiger partial charge in [0.25, 0.3) is 10.0 Å². The van der Waals surface area contributed by atoms with Crippen LogP contribution in [0.15, 0.2) is 4.34 Å². The molecular formula is C3H6N6O2S3. The van der Waals surface area contributed by atoms with Gasteiger partial charge >= 0.3 is 0 Å². The van der Waals surface area contributed by atoms with Gasteiger partial charge in [-0.1, -0.05) is 11.3 Å². The summed E-state index contributed by atoms with van der Waals surface area (Å²) >= 11 is 5.41. The standard InChI is InChI=1S/C3H6N6O2S3/c4-7-1(12)6-2-8-9-3(13-2)14(5,10)11/h4H2,(H2,5,10,11)(H2,6,7,8,12). The fraction of sp³-hybridized carbons (Fsp3) is 0. The number of anilines is 1. The third-order valence-electron chi connectivity index (χ3n) is 1.00. The Bertz CT molecular complexity index is 437. The summed E-state index contributed by atoms with van der Waals surface area (Å²) in [4.78, 5) is 0. The number of nitrogens with zero attached hydrogens (tertiary/aromatic N) is 2. The predicted octanol–water partition coefficient (Wildman–Crippen LogP) is -1.65. The van der Waals surface area contributed by atoms with Crippen molar-refractivity contribution in [1.29, 1.82) is 0 Å². The number of hydrazine groups is 1. The monoisotopic (exact) mass is 254 g/mol. The molecule has 0 atom stereocenters. The van der Waals surface area contributed by atoms with Crippen molar-refractivity contribution in [2.45, 2.75) is 4.34 Å². The number of nitrogens with one attached hydrogen (secondary N) is 2. The van der Waals surface area contributed by atoms with Crippen LogP contribution in [-0.2, 0) is 10.0 Å². The minimum atomic E-state index is -3.81. The molecule has 0 aliphatic rings. The lowest BCUT2D eigenvalue weighted by molar-refractivity contribution is 0.596. The Kier molecular flexibility index (Phi) is 3.28. The van der Waals surface area contributed by atoms with Crippen molar-refractivity contribution >= 4 is 43.8 Å². The van der Waals surface area contributed by atoms with Crippen LogP contribution in [0.2, 0.25) is 0 Å². The van der Waals surface area contributed by atoms with Crippen molar-refractivity contribution in [3.63, 3.8) is 0 Å². The smallest absolute Gasteiger partial charge is 0.267 e. The second-order valence-electron chi connectivity index (χ2n) is 2.02. The zero-order chi connectivity index (χ0) is 10.8. The highest BCUT2D eigenvalue weighted by Gasteiger charge is 2.15. The molecule has 0 saturated heterocycles. The summed E-state index contributed by atoms with van der Waals surface area (Å²) < 4.78 is 21.3. The lowest BCUT2D eigenvalue weighted by Gasteiger charge is -1.99. The third kappa shape index (κ3) is 2.81. The second kappa shape index (κ2) is 4.10. The molecule has 0 aliphatic carbocycles. The first-order chi connectivity index (χ1) is 6.43. The Morgan fingerprint density at radius 3 is 2.57 bits per heavy atom. The fourth-order valence-electron chi connectivity index (χ4n) is 0.508. The van der Waals surface area contributed by atoms with E-state index in [0.717, 1.165) is 11.3 Å². The van der Waals surface area contributed by atoms with Crippen molar-refractivity contribution < 1.29 is 8.42 Å². The van der Waals surface area contributed by atoms with E-state index < -0.39 is 10.0 Å². The predicted molar refractivity (Wildman–Crippen MR) is 54.8 cm³/mol. The van der Waals surface area contributed by atoms with Crippen LogP contribution < -0.4 is 21.7 Å². The van der Waals surface area contributed by atoms with Crippen LogP contribution in [0.4, 0.5) is 5.13 Å². The van der Waals surface area contributed by atoms with Gasteiger partial charge in [-0.15, -0.1) is 10.2 Å². The van der Waals surface area contributed by atoms with Gasteiger partial charge in [-0.2, -0.15) is 0 Å². The Morgan fingerprint density at radius 1 is 1.50 bits per heavy atom. The quantitative estimate of drug-likeness (QED) is 0.280. The average Bonchev–Trinajstić information content (AvgIpc) is 2.51. The second-order valence-corrected chi connectivity index (χ2v) is 5.14. The van der Waals surface area contributed by atoms with Crippen LogP contribution in [0.1, 0.15) is 0 Å². The van der Waals surface area contributed by atoms with Gasteiger partial charge in [0.2, 0.25) is 9.47 Å². The molecule has 0 amide bonds. The molecule has 0 radical (unpaired) electrons. The molecule has 1 heterocycles. The van der Waals surface area contributed by atoms with E-state index in [9.17, 15) is 8.42 Å². The van der Waals surface area contributed by atoms with Crippen LogP contribution in [0, 0.1) is 0 Å². The molecule has 6 N–H and O–H groups in total. The summed E-state index contributed by atoms with van der Waals surface area (Å²) in [6.07, 6.45) is 0. The van der Waals surface area contributed by atoms with Crippen molar-refractivity contribution in [2.24, 2.45) is 11.0 Å². The van der Waals surface area contributed by atoms with Gasteiger partial charge in [0.15, 0.2) is 5.11 Å². The van der Waals surface area contributed by atoms with Crippen LogP contribution in [-0.4, -0.2) is 23.7 Å². The molecule has 1 rings (SSSR count). The van der Waals surface area contributed by atoms with Gasteiger partial charge in [-0.3, -0.25) is 0 Å². The Hall–Kier alpha value is -0.880. The van der Waals surface area contributed by atoms with E-state index in [-0.39, 0.29) is 14.6 Å². The number of aromatic nitrogens is 2. The van der Waals surface area contributed by atoms with E-state index in [1.54, 1.807) is 0 Å². The molecular weight excluding hydrogens is 248 g/mol. The SMILES string of the molecule is NNC(=S)Nc1nnc(S(N)(=O)=O)s1. The largest absolute Gasteiger partial charge is 0.306 e. The molecule has 0 aliphatic heterocycles. The topological polar surface area (TPSA) is 136 Å². The molecule has 0 spiro atoms. The van der Waals surface area contributed by atoms with E-state index in [1.165, 1.54) is 0 Å². The number of nitrogens with two attached hydrogens (primary N) is 2. The normalized spacial score (nSPS) is 11.0. The molecule has 0 aromatic carbocycles. The highest BCUT2D eigenvalue weighted by Crippen LogP contribution is 2.17. The minimum absolute atomic E-state index is 0.0992. The van der Waals surface area contributed by atoms with Crippen LogP contribution >= 0.6 is 23.6 Å². The van der Waals surface area contributed by atoms with Crippen molar-refractivity contribution in [3.05, 3.63) is 0 Å². The number of hydrogen-bond donors (Lipinski definition) is 4. The zero-order valence-corrected chi connectivity index (χ0v) is 9.04. The third-order valence-corrected chi connectivity index (χ3v) is 3.37. The van der Waals surface area contributed by atoms with Gasteiger partial charge in [0, 0.05) is 0 Å². The summed E-state index contributed by atoms with van der Waals surface area (Å²) in [5.41, 5.74) is 2.14. The lowest BCUT2D eigenvalue weighted by atomic mass is 11.0. The molecule has 8 nitrogen and oxygen atoms in total. The van der Waals surface area contributed by atoms with Crippen LogP contribution in [0.5, 0.6) is 0 Å². The molecule has 1 aromatic rings. The maximum absolute atomic E-state index is 10.8. The molecule has 0 fully saturated rings. The first kappa shape index (κ1) is 11.2. The number of rotatable bonds is 2. The maximum atomic E-state index is 10.8. The Labute approximate surface area is 88.7 Å². The van der Waals surface area contributed by atoms with Gasteiger partial charge in [0.05, 0.1) is 0 Å². The van der Waals surface area contributed by atoms with Crippen LogP contribution in [0.25, 0.3) is 0 Å². The lowest BCUT2D eigenvalue weighted by Crippen LogP contribution is -2.34. The molecule has 0 bridgehead atoms. The van der Waals surface area contributed by atoms with E-state index in [4.69, 9.17) is 11.0 Å². The molecule has 0 saturated carbocycles. The van der Waals surface area contributed by atoms with Gasteiger partial charge in [-0.25, -0.2) is 19.4 Å². The maximum Gasteiger partial charge on any atom is 0.267 e. The molecule has 1 aromatic heterocycles. The molecule has 14 heavy (non-hydrogen) atoms. The summed E-state index contributed by atoms with van der Waals surface area (Å²) in [5.74, 6) is 4.97. The van der Waals surface area contributed by atoms with Gasteiger partial charge in [0.1, 0.15) is 0 Å². The van der Waals surface area contributed by atoms with Crippen molar-refractivity contribution in [3.8, 4) is 0 Å². The van der Waals surface area contributed by atoms with E-state index >= 15 is 0 Å². The number of hydrogen-bond acceptors (Lipinski definition) is 7. The van der Waals surface area contributed by atoms with Gasteiger partial charge in [-0.05, 0) is 12.2 Å². The van der Waals surface area contributed by atoms with Crippen LogP contribution in [0.3, 0.4) is 0 Å². The Balaban J connectivity index is 2.84. The molecule has 78 valence electrons. The molecule has 0 unspecified atom stereocenters.